The molecule has 7 aromatic rings. The Bertz CT molecular complexity index is 3550. The van der Waals surface area contributed by atoms with Crippen molar-refractivity contribution in [2.24, 2.45) is 28.5 Å². The summed E-state index contributed by atoms with van der Waals surface area (Å²) in [6, 6.07) is 43.4. The summed E-state index contributed by atoms with van der Waals surface area (Å²) in [5.74, 6) is 1.27. The number of amidine groups is 1. The van der Waals surface area contributed by atoms with E-state index in [4.69, 9.17) is 10.7 Å². The number of hydrogen-bond acceptors (Lipinski definition) is 2. The highest BCUT2D eigenvalue weighted by Gasteiger charge is 2.40. The van der Waals surface area contributed by atoms with E-state index in [-0.39, 0.29) is 11.8 Å². The van der Waals surface area contributed by atoms with Gasteiger partial charge in [0.15, 0.2) is 0 Å². The van der Waals surface area contributed by atoms with Crippen molar-refractivity contribution in [1.29, 1.82) is 0 Å². The third-order valence-electron chi connectivity index (χ3n) is 15.6. The van der Waals surface area contributed by atoms with E-state index in [0.29, 0.717) is 23.8 Å². The molecule has 2 aromatic heterocycles. The number of nitrogens with zero attached hydrogens (tertiary/aromatic N) is 4. The molecular formula is C65H57N5. The summed E-state index contributed by atoms with van der Waals surface area (Å²) in [6.45, 7) is 2.30. The van der Waals surface area contributed by atoms with E-state index in [1.54, 1.807) is 0 Å². The monoisotopic (exact) mass is 907 g/mol. The summed E-state index contributed by atoms with van der Waals surface area (Å²) >= 11 is 0. The average Bonchev–Trinajstić information content (AvgIpc) is 4.07. The van der Waals surface area contributed by atoms with Crippen molar-refractivity contribution in [2.45, 2.75) is 57.5 Å². The van der Waals surface area contributed by atoms with Gasteiger partial charge in [0.2, 0.25) is 0 Å². The van der Waals surface area contributed by atoms with Crippen LogP contribution in [0.2, 0.25) is 0 Å². The van der Waals surface area contributed by atoms with Gasteiger partial charge in [-0.1, -0.05) is 183 Å². The fourth-order valence-electron chi connectivity index (χ4n) is 12.2. The van der Waals surface area contributed by atoms with Gasteiger partial charge in [-0.25, -0.2) is 4.99 Å². The fourth-order valence-corrected chi connectivity index (χ4v) is 12.2. The second-order valence-corrected chi connectivity index (χ2v) is 19.8. The van der Waals surface area contributed by atoms with Gasteiger partial charge in [0.25, 0.3) is 0 Å². The zero-order valence-electron chi connectivity index (χ0n) is 39.7. The van der Waals surface area contributed by atoms with Crippen molar-refractivity contribution in [3.8, 4) is 22.5 Å². The molecule has 6 aliphatic rings. The molecule has 0 saturated carbocycles. The van der Waals surface area contributed by atoms with Crippen LogP contribution in [0.25, 0.3) is 67.0 Å². The topological polar surface area (TPSA) is 51.5 Å². The van der Waals surface area contributed by atoms with Gasteiger partial charge in [-0.05, 0) is 103 Å². The Labute approximate surface area is 411 Å². The number of rotatable bonds is 9. The van der Waals surface area contributed by atoms with Gasteiger partial charge in [0, 0.05) is 62.2 Å². The molecule has 5 aliphatic carbocycles. The maximum atomic E-state index is 6.91. The number of aromatic nitrogens is 2. The van der Waals surface area contributed by atoms with Crippen LogP contribution in [0, 0.1) is 17.8 Å². The first-order chi connectivity index (χ1) is 34.6. The summed E-state index contributed by atoms with van der Waals surface area (Å²) in [5.41, 5.74) is 24.1. The largest absolute Gasteiger partial charge is 0.387 e. The minimum Gasteiger partial charge on any atom is -0.387 e. The van der Waals surface area contributed by atoms with Gasteiger partial charge in [-0.15, -0.1) is 0 Å². The van der Waals surface area contributed by atoms with Crippen LogP contribution in [0.15, 0.2) is 228 Å². The summed E-state index contributed by atoms with van der Waals surface area (Å²) in [6.07, 6.45) is 42.8. The lowest BCUT2D eigenvalue weighted by Crippen LogP contribution is -2.40. The maximum Gasteiger partial charge on any atom is 0.107 e. The molecule has 5 heteroatoms. The highest BCUT2D eigenvalue weighted by atomic mass is 15.2. The van der Waals surface area contributed by atoms with Gasteiger partial charge in [-0.3, -0.25) is 0 Å². The van der Waals surface area contributed by atoms with Crippen LogP contribution in [-0.2, 0) is 6.42 Å². The third kappa shape index (κ3) is 7.26. The maximum absolute atomic E-state index is 6.91. The number of benzene rings is 5. The summed E-state index contributed by atoms with van der Waals surface area (Å²) in [7, 11) is 0. The molecule has 5 nitrogen and oxygen atoms in total. The zero-order valence-corrected chi connectivity index (χ0v) is 39.7. The molecule has 5 unspecified atom stereocenters. The van der Waals surface area contributed by atoms with Crippen molar-refractivity contribution in [3.05, 3.63) is 240 Å². The van der Waals surface area contributed by atoms with Crippen molar-refractivity contribution in [1.82, 2.24) is 14.0 Å². The Morgan fingerprint density at radius 3 is 2.07 bits per heavy atom. The molecule has 0 spiro atoms. The predicted molar refractivity (Wildman–Crippen MR) is 294 cm³/mol. The summed E-state index contributed by atoms with van der Waals surface area (Å²) in [5, 5.41) is 3.80. The molecule has 0 fully saturated rings. The standard InChI is InChI=1S/C65H57N5/c1-43(44-35-37-49(38-36-44)68-59-25-11-5-19-52(59)53-20-6-12-26-60(53)68)39-58(67-65(66)47-17-3-2-4-18-47)46-33-31-45(32-34-46)48-40-50(69-61-27-13-7-21-54(61)55-22-8-14-28-62(55)69)42-51(41-48)70-63-29-15-9-23-56(63)57-24-10-16-30-64(57)70/h2-11,13-15,17,19-25,27-29,31-37,39-43,47,49,52,59H,12,16,18,26,30,38H2,1H3,(H2,66,67)/b58-39-. The lowest BCUT2D eigenvalue weighted by molar-refractivity contribution is 0.243. The Morgan fingerprint density at radius 2 is 1.33 bits per heavy atom. The molecule has 0 saturated heterocycles. The highest BCUT2D eigenvalue weighted by Crippen LogP contribution is 2.45. The van der Waals surface area contributed by atoms with Crippen LogP contribution in [0.3, 0.4) is 0 Å². The molecule has 1 aliphatic heterocycles. The molecule has 3 heterocycles. The molecule has 5 aromatic carbocycles. The molecule has 342 valence electrons. The van der Waals surface area contributed by atoms with Crippen molar-refractivity contribution < 1.29 is 0 Å². The van der Waals surface area contributed by atoms with Gasteiger partial charge in [0.1, 0.15) is 5.84 Å². The first kappa shape index (κ1) is 42.2. The van der Waals surface area contributed by atoms with Gasteiger partial charge in [0.05, 0.1) is 34.3 Å². The lowest BCUT2D eigenvalue weighted by Gasteiger charge is -2.37. The molecule has 0 bridgehead atoms. The Hall–Kier alpha value is -7.89. The van der Waals surface area contributed by atoms with E-state index in [0.717, 1.165) is 72.3 Å². The summed E-state index contributed by atoms with van der Waals surface area (Å²) in [4.78, 5) is 7.99. The summed E-state index contributed by atoms with van der Waals surface area (Å²) < 4.78 is 4.96. The second-order valence-electron chi connectivity index (χ2n) is 19.8. The number of hydrogen-bond donors (Lipinski definition) is 1. The number of aliphatic imine (C=N–C) groups is 1. The van der Waals surface area contributed by atoms with E-state index in [2.05, 4.69) is 233 Å². The first-order valence-electron chi connectivity index (χ1n) is 25.4. The minimum absolute atomic E-state index is 0.0624. The van der Waals surface area contributed by atoms with Gasteiger partial charge >= 0.3 is 0 Å². The van der Waals surface area contributed by atoms with E-state index in [1.807, 2.05) is 0 Å². The Balaban J connectivity index is 0.885. The SMILES string of the molecule is CC(/C=C(\N=C(N)C1C=CC=CC1)c1ccc(-c2cc(-n3c4c(c5ccccc53)C=CCC4)cc(-n3c4ccccc4c4ccccc43)c2)cc1)C1=CCC(N2C3=C(C=CCC3)C3C=CC=CC32)C=C1. The Kier molecular flexibility index (Phi) is 10.6. The normalized spacial score (nSPS) is 22.1. The molecule has 70 heavy (non-hydrogen) atoms. The molecule has 0 amide bonds. The van der Waals surface area contributed by atoms with Gasteiger partial charge in [-0.2, -0.15) is 0 Å². The third-order valence-corrected chi connectivity index (χ3v) is 15.6. The van der Waals surface area contributed by atoms with E-state index < -0.39 is 0 Å². The van der Waals surface area contributed by atoms with Gasteiger partial charge < -0.3 is 19.8 Å². The van der Waals surface area contributed by atoms with Crippen molar-refractivity contribution in [2.75, 3.05) is 0 Å². The quantitative estimate of drug-likeness (QED) is 0.116. The van der Waals surface area contributed by atoms with Crippen molar-refractivity contribution >= 4 is 50.3 Å². The smallest absolute Gasteiger partial charge is 0.107 e. The molecular weight excluding hydrogens is 851 g/mol. The van der Waals surface area contributed by atoms with Crippen LogP contribution in [0.5, 0.6) is 0 Å². The first-order valence-corrected chi connectivity index (χ1v) is 25.4. The lowest BCUT2D eigenvalue weighted by atomic mass is 9.88. The molecule has 13 rings (SSSR count). The molecule has 5 atom stereocenters. The number of nitrogens with two attached hydrogens (primary N) is 1. The number of allylic oxidation sites excluding steroid dienone is 12. The van der Waals surface area contributed by atoms with Crippen molar-refractivity contribution in [3.63, 3.8) is 0 Å². The highest BCUT2D eigenvalue weighted by molar-refractivity contribution is 6.09. The average molecular weight is 908 g/mol. The van der Waals surface area contributed by atoms with Crippen LogP contribution in [0.1, 0.15) is 55.8 Å². The zero-order chi connectivity index (χ0) is 46.7. The van der Waals surface area contributed by atoms with E-state index in [9.17, 15) is 0 Å². The predicted octanol–water partition coefficient (Wildman–Crippen LogP) is 15.1. The fraction of sp³-hybridized carbons (Fsp3) is 0.185. The van der Waals surface area contributed by atoms with Crippen LogP contribution < -0.4 is 5.73 Å². The Morgan fingerprint density at radius 1 is 0.643 bits per heavy atom. The number of para-hydroxylation sites is 3. The molecule has 0 radical (unpaired) electrons. The minimum atomic E-state index is 0.0624. The van der Waals surface area contributed by atoms with Crippen LogP contribution in [-0.4, -0.2) is 32.0 Å². The molecule has 2 N–H and O–H groups in total. The van der Waals surface area contributed by atoms with Crippen LogP contribution >= 0.6 is 0 Å². The van der Waals surface area contributed by atoms with E-state index in [1.165, 1.54) is 60.8 Å². The number of fused-ring (bicyclic) bond motifs is 8. The van der Waals surface area contributed by atoms with E-state index >= 15 is 0 Å². The van der Waals surface area contributed by atoms with Crippen LogP contribution in [0.4, 0.5) is 0 Å². The second kappa shape index (κ2) is 17.6.